The van der Waals surface area contributed by atoms with Crippen molar-refractivity contribution in [3.63, 3.8) is 0 Å². The van der Waals surface area contributed by atoms with Gasteiger partial charge in [0.25, 0.3) is 0 Å². The molecule has 0 saturated carbocycles. The molecule has 0 bridgehead atoms. The van der Waals surface area contributed by atoms with Gasteiger partial charge in [0.15, 0.2) is 6.04 Å². The van der Waals surface area contributed by atoms with E-state index in [1.54, 1.807) is 18.4 Å². The molecule has 1 heterocycles. The highest BCUT2D eigenvalue weighted by molar-refractivity contribution is 9.09. The third kappa shape index (κ3) is 2.07. The number of rotatable bonds is 3. The minimum absolute atomic E-state index is 0.357. The molecule has 0 spiro atoms. The normalized spacial score (nSPS) is 12.4. The summed E-state index contributed by atoms with van der Waals surface area (Å²) in [5, 5.41) is 11.5. The van der Waals surface area contributed by atoms with E-state index in [9.17, 15) is 0 Å². The second-order valence-corrected chi connectivity index (χ2v) is 2.48. The van der Waals surface area contributed by atoms with Crippen molar-refractivity contribution in [3.05, 3.63) is 24.2 Å². The highest BCUT2D eigenvalue weighted by Crippen LogP contribution is 2.11. The SMILES string of the molecule is N#CC(NCBr)c1ccco1. The number of nitrogens with one attached hydrogen (secondary N) is 1. The fraction of sp³-hybridized carbons (Fsp3) is 0.286. The van der Waals surface area contributed by atoms with Gasteiger partial charge in [-0.15, -0.1) is 0 Å². The lowest BCUT2D eigenvalue weighted by atomic mass is 10.2. The minimum Gasteiger partial charge on any atom is -0.467 e. The molecule has 1 atom stereocenters. The van der Waals surface area contributed by atoms with Crippen molar-refractivity contribution in [2.24, 2.45) is 0 Å². The van der Waals surface area contributed by atoms with E-state index in [4.69, 9.17) is 9.68 Å². The van der Waals surface area contributed by atoms with E-state index in [0.29, 0.717) is 11.2 Å². The van der Waals surface area contributed by atoms with E-state index in [2.05, 4.69) is 27.3 Å². The lowest BCUT2D eigenvalue weighted by Gasteiger charge is -2.03. The van der Waals surface area contributed by atoms with Crippen LogP contribution in [0.3, 0.4) is 0 Å². The third-order valence-electron chi connectivity index (χ3n) is 1.24. The molecule has 4 heteroatoms. The molecule has 1 rings (SSSR count). The zero-order chi connectivity index (χ0) is 8.10. The van der Waals surface area contributed by atoms with E-state index in [-0.39, 0.29) is 6.04 Å². The topological polar surface area (TPSA) is 49.0 Å². The van der Waals surface area contributed by atoms with Gasteiger partial charge in [0.05, 0.1) is 17.8 Å². The fourth-order valence-corrected chi connectivity index (χ4v) is 1.07. The summed E-state index contributed by atoms with van der Waals surface area (Å²) in [6, 6.07) is 5.24. The van der Waals surface area contributed by atoms with E-state index < -0.39 is 0 Å². The summed E-state index contributed by atoms with van der Waals surface area (Å²) in [7, 11) is 0. The minimum atomic E-state index is -0.357. The number of nitrogens with zero attached hydrogens (tertiary/aromatic N) is 1. The molecule has 0 amide bonds. The predicted octanol–water partition coefficient (Wildman–Crippen LogP) is 1.79. The van der Waals surface area contributed by atoms with E-state index in [1.165, 1.54) is 0 Å². The first-order chi connectivity index (χ1) is 5.38. The highest BCUT2D eigenvalue weighted by Gasteiger charge is 2.10. The molecule has 0 aliphatic heterocycles. The van der Waals surface area contributed by atoms with Crippen molar-refractivity contribution in [1.82, 2.24) is 5.32 Å². The molecule has 0 aromatic carbocycles. The molecule has 0 aliphatic rings. The van der Waals surface area contributed by atoms with Gasteiger partial charge in [-0.1, -0.05) is 15.9 Å². The number of alkyl halides is 1. The van der Waals surface area contributed by atoms with Crippen LogP contribution in [0.1, 0.15) is 11.8 Å². The standard InChI is InChI=1S/C7H7BrN2O/c8-5-10-6(4-9)7-2-1-3-11-7/h1-3,6,10H,5H2. The summed E-state index contributed by atoms with van der Waals surface area (Å²) in [4.78, 5) is 0. The Kier molecular flexibility index (Phi) is 3.14. The first-order valence-electron chi connectivity index (χ1n) is 3.11. The van der Waals surface area contributed by atoms with Crippen LogP contribution in [0.2, 0.25) is 0 Å². The van der Waals surface area contributed by atoms with Gasteiger partial charge in [-0.25, -0.2) is 0 Å². The third-order valence-corrected chi connectivity index (χ3v) is 1.56. The molecule has 1 unspecified atom stereocenters. The van der Waals surface area contributed by atoms with E-state index in [0.717, 1.165) is 0 Å². The average Bonchev–Trinajstić information content (AvgIpc) is 2.52. The van der Waals surface area contributed by atoms with Crippen molar-refractivity contribution in [3.8, 4) is 6.07 Å². The lowest BCUT2D eigenvalue weighted by Crippen LogP contribution is -2.16. The molecule has 11 heavy (non-hydrogen) atoms. The lowest BCUT2D eigenvalue weighted by molar-refractivity contribution is 0.471. The van der Waals surface area contributed by atoms with Gasteiger partial charge in [-0.3, -0.25) is 5.32 Å². The number of halogens is 1. The van der Waals surface area contributed by atoms with Crippen molar-refractivity contribution in [2.75, 3.05) is 5.45 Å². The Bertz CT molecular complexity index is 239. The van der Waals surface area contributed by atoms with Crippen molar-refractivity contribution in [2.45, 2.75) is 6.04 Å². The maximum atomic E-state index is 8.64. The zero-order valence-electron chi connectivity index (χ0n) is 5.75. The Morgan fingerprint density at radius 2 is 2.64 bits per heavy atom. The first kappa shape index (κ1) is 8.31. The van der Waals surface area contributed by atoms with Crippen molar-refractivity contribution >= 4 is 15.9 Å². The van der Waals surface area contributed by atoms with Crippen LogP contribution in [0.15, 0.2) is 22.8 Å². The summed E-state index contributed by atoms with van der Waals surface area (Å²) < 4.78 is 5.03. The molecule has 3 nitrogen and oxygen atoms in total. The van der Waals surface area contributed by atoms with Crippen LogP contribution in [0.25, 0.3) is 0 Å². The molecular weight excluding hydrogens is 208 g/mol. The maximum absolute atomic E-state index is 8.64. The number of furan rings is 1. The maximum Gasteiger partial charge on any atom is 0.155 e. The summed E-state index contributed by atoms with van der Waals surface area (Å²) in [6.45, 7) is 0. The number of hydrogen-bond acceptors (Lipinski definition) is 3. The van der Waals surface area contributed by atoms with Crippen LogP contribution in [0.5, 0.6) is 0 Å². The number of hydrogen-bond donors (Lipinski definition) is 1. The van der Waals surface area contributed by atoms with Crippen molar-refractivity contribution in [1.29, 1.82) is 5.26 Å². The molecule has 1 aromatic rings. The van der Waals surface area contributed by atoms with Gasteiger partial charge in [-0.2, -0.15) is 5.26 Å². The summed E-state index contributed by atoms with van der Waals surface area (Å²) in [5.41, 5.74) is 0.575. The number of nitriles is 1. The molecule has 58 valence electrons. The Morgan fingerprint density at radius 1 is 1.82 bits per heavy atom. The second kappa shape index (κ2) is 4.16. The molecule has 0 saturated heterocycles. The smallest absolute Gasteiger partial charge is 0.155 e. The molecule has 0 radical (unpaired) electrons. The van der Waals surface area contributed by atoms with Crippen molar-refractivity contribution < 1.29 is 4.42 Å². The van der Waals surface area contributed by atoms with Gasteiger partial charge in [0.2, 0.25) is 0 Å². The molecular formula is C7H7BrN2O. The van der Waals surface area contributed by atoms with Crippen LogP contribution < -0.4 is 5.32 Å². The van der Waals surface area contributed by atoms with Gasteiger partial charge in [-0.05, 0) is 12.1 Å². The molecule has 0 fully saturated rings. The molecule has 0 aliphatic carbocycles. The quantitative estimate of drug-likeness (QED) is 0.617. The second-order valence-electron chi connectivity index (χ2n) is 1.92. The Morgan fingerprint density at radius 3 is 3.09 bits per heavy atom. The van der Waals surface area contributed by atoms with Gasteiger partial charge in [0.1, 0.15) is 5.76 Å². The monoisotopic (exact) mass is 214 g/mol. The van der Waals surface area contributed by atoms with Gasteiger partial charge in [0, 0.05) is 0 Å². The fourth-order valence-electron chi connectivity index (χ4n) is 0.743. The van der Waals surface area contributed by atoms with Crippen LogP contribution in [-0.4, -0.2) is 5.45 Å². The van der Waals surface area contributed by atoms with Crippen LogP contribution in [0.4, 0.5) is 0 Å². The summed E-state index contributed by atoms with van der Waals surface area (Å²) >= 11 is 3.17. The van der Waals surface area contributed by atoms with Gasteiger partial charge < -0.3 is 4.42 Å². The Hall–Kier alpha value is -0.790. The predicted molar refractivity (Wildman–Crippen MR) is 44.0 cm³/mol. The summed E-state index contributed by atoms with van der Waals surface area (Å²) in [6.07, 6.45) is 1.55. The first-order valence-corrected chi connectivity index (χ1v) is 4.23. The largest absolute Gasteiger partial charge is 0.467 e. The van der Waals surface area contributed by atoms with Gasteiger partial charge >= 0.3 is 0 Å². The summed E-state index contributed by atoms with van der Waals surface area (Å²) in [5.74, 6) is 0.645. The Balaban J connectivity index is 2.65. The Labute approximate surface area is 73.1 Å². The highest BCUT2D eigenvalue weighted by atomic mass is 79.9. The zero-order valence-corrected chi connectivity index (χ0v) is 7.34. The van der Waals surface area contributed by atoms with E-state index >= 15 is 0 Å². The molecule has 1 aromatic heterocycles. The molecule has 1 N–H and O–H groups in total. The van der Waals surface area contributed by atoms with Crippen LogP contribution >= 0.6 is 15.9 Å². The average molecular weight is 215 g/mol. The van der Waals surface area contributed by atoms with Crippen LogP contribution in [-0.2, 0) is 0 Å². The van der Waals surface area contributed by atoms with Crippen LogP contribution in [0, 0.1) is 11.3 Å². The van der Waals surface area contributed by atoms with E-state index in [1.807, 2.05) is 0 Å².